The number of thioether (sulfide) groups is 1. The van der Waals surface area contributed by atoms with Crippen molar-refractivity contribution in [3.8, 4) is 0 Å². The van der Waals surface area contributed by atoms with Gasteiger partial charge in [0.1, 0.15) is 16.6 Å². The molecule has 2 amide bonds. The summed E-state index contributed by atoms with van der Waals surface area (Å²) in [6.07, 6.45) is 8.28. The van der Waals surface area contributed by atoms with E-state index >= 15 is 0 Å². The van der Waals surface area contributed by atoms with Crippen molar-refractivity contribution < 1.29 is 18.7 Å². The van der Waals surface area contributed by atoms with Gasteiger partial charge >= 0.3 is 0 Å². The Morgan fingerprint density at radius 1 is 1.31 bits per heavy atom. The number of aryl methyl sites for hydroxylation is 1. The number of benzene rings is 1. The first-order valence-corrected chi connectivity index (χ1v) is 13.0. The van der Waals surface area contributed by atoms with Crippen molar-refractivity contribution in [2.75, 3.05) is 13.2 Å². The first-order chi connectivity index (χ1) is 17.0. The van der Waals surface area contributed by atoms with Crippen LogP contribution < -0.4 is 5.32 Å². The highest BCUT2D eigenvalue weighted by Gasteiger charge is 2.34. The molecule has 4 heterocycles. The molecule has 2 saturated heterocycles. The van der Waals surface area contributed by atoms with Gasteiger partial charge < -0.3 is 19.0 Å². The minimum Gasteiger partial charge on any atom is -0.467 e. The Balaban J connectivity index is 1.41. The van der Waals surface area contributed by atoms with Crippen LogP contribution in [0.15, 0.2) is 52.1 Å². The lowest BCUT2D eigenvalue weighted by atomic mass is 10.1. The molecule has 0 radical (unpaired) electrons. The predicted molar refractivity (Wildman–Crippen MR) is 141 cm³/mol. The topological polar surface area (TPSA) is 76.7 Å². The number of hydrogen-bond acceptors (Lipinski definition) is 6. The standard InChI is InChI=1S/C26H27N3O4S2/c1-2-17-6-3-9-21-18(12-22-25(31)29(26(34)35-22)15-20-8-5-11-33-20)14-28(24(17)21)16-23(30)27-13-19-7-4-10-32-19/h3-4,6-7,9-10,12,14,20H,2,5,8,11,13,15-16H2,1H3,(H,27,30)/b22-12-/t20-/m1/s1. The number of aromatic nitrogens is 1. The Hall–Kier alpha value is -2.88. The molecule has 2 aliphatic rings. The average Bonchev–Trinajstić information content (AvgIpc) is 3.65. The van der Waals surface area contributed by atoms with Crippen molar-refractivity contribution in [1.29, 1.82) is 0 Å². The fourth-order valence-electron chi connectivity index (χ4n) is 4.59. The molecule has 1 aromatic carbocycles. The molecule has 2 aromatic heterocycles. The smallest absolute Gasteiger partial charge is 0.266 e. The van der Waals surface area contributed by atoms with E-state index in [0.717, 1.165) is 47.9 Å². The van der Waals surface area contributed by atoms with E-state index in [1.54, 1.807) is 17.2 Å². The summed E-state index contributed by atoms with van der Waals surface area (Å²) < 4.78 is 13.5. The third kappa shape index (κ3) is 5.07. The van der Waals surface area contributed by atoms with E-state index in [1.165, 1.54) is 11.8 Å². The van der Waals surface area contributed by atoms with Gasteiger partial charge in [0.25, 0.3) is 5.91 Å². The molecule has 2 fully saturated rings. The number of carbonyl (C=O) groups excluding carboxylic acids is 2. The van der Waals surface area contributed by atoms with Crippen LogP contribution in [0.5, 0.6) is 0 Å². The molecule has 9 heteroatoms. The lowest BCUT2D eigenvalue weighted by Gasteiger charge is -2.18. The molecule has 182 valence electrons. The first kappa shape index (κ1) is 23.8. The van der Waals surface area contributed by atoms with Gasteiger partial charge in [-0.1, -0.05) is 49.1 Å². The Bertz CT molecular complexity index is 1290. The van der Waals surface area contributed by atoms with E-state index in [-0.39, 0.29) is 24.5 Å². The zero-order valence-corrected chi connectivity index (χ0v) is 21.1. The number of amides is 2. The van der Waals surface area contributed by atoms with Gasteiger partial charge in [-0.2, -0.15) is 0 Å². The number of hydrogen-bond donors (Lipinski definition) is 1. The molecule has 7 nitrogen and oxygen atoms in total. The van der Waals surface area contributed by atoms with Gasteiger partial charge in [0, 0.05) is 23.8 Å². The van der Waals surface area contributed by atoms with Gasteiger partial charge in [-0.15, -0.1) is 0 Å². The quantitative estimate of drug-likeness (QED) is 0.356. The maximum absolute atomic E-state index is 13.2. The third-order valence-electron chi connectivity index (χ3n) is 6.32. The summed E-state index contributed by atoms with van der Waals surface area (Å²) in [6, 6.07) is 9.75. The second kappa shape index (κ2) is 10.4. The molecular weight excluding hydrogens is 482 g/mol. The Morgan fingerprint density at radius 2 is 2.20 bits per heavy atom. The molecule has 0 unspecified atom stereocenters. The Labute approximate surface area is 213 Å². The highest BCUT2D eigenvalue weighted by molar-refractivity contribution is 8.26. The van der Waals surface area contributed by atoms with Crippen LogP contribution in [0.4, 0.5) is 0 Å². The summed E-state index contributed by atoms with van der Waals surface area (Å²) >= 11 is 6.83. The van der Waals surface area contributed by atoms with Crippen LogP contribution in [0.25, 0.3) is 17.0 Å². The maximum Gasteiger partial charge on any atom is 0.266 e. The van der Waals surface area contributed by atoms with Crippen LogP contribution in [0, 0.1) is 0 Å². The van der Waals surface area contributed by atoms with Crippen LogP contribution in [0.3, 0.4) is 0 Å². The zero-order chi connectivity index (χ0) is 24.4. The molecule has 0 saturated carbocycles. The average molecular weight is 510 g/mol. The van der Waals surface area contributed by atoms with Gasteiger partial charge in [-0.05, 0) is 43.0 Å². The number of thiocarbonyl (C=S) groups is 1. The molecule has 1 N–H and O–H groups in total. The van der Waals surface area contributed by atoms with Gasteiger partial charge in [-0.3, -0.25) is 14.5 Å². The maximum atomic E-state index is 13.2. The van der Waals surface area contributed by atoms with Crippen molar-refractivity contribution in [3.05, 3.63) is 64.6 Å². The fraction of sp³-hybridized carbons (Fsp3) is 0.346. The molecule has 3 aromatic rings. The van der Waals surface area contributed by atoms with Crippen molar-refractivity contribution >= 4 is 57.1 Å². The number of para-hydroxylation sites is 1. The molecule has 0 spiro atoms. The lowest BCUT2D eigenvalue weighted by Crippen LogP contribution is -2.35. The normalized spacial score (nSPS) is 19.4. The van der Waals surface area contributed by atoms with Crippen molar-refractivity contribution in [2.24, 2.45) is 0 Å². The second-order valence-electron chi connectivity index (χ2n) is 8.66. The summed E-state index contributed by atoms with van der Waals surface area (Å²) in [4.78, 5) is 28.1. The van der Waals surface area contributed by atoms with Crippen molar-refractivity contribution in [3.63, 3.8) is 0 Å². The minimum absolute atomic E-state index is 0.0468. The first-order valence-electron chi connectivity index (χ1n) is 11.8. The summed E-state index contributed by atoms with van der Waals surface area (Å²) in [5.41, 5.74) is 3.04. The molecule has 1 atom stereocenters. The number of nitrogens with zero attached hydrogens (tertiary/aromatic N) is 2. The Kier molecular flexibility index (Phi) is 7.08. The lowest BCUT2D eigenvalue weighted by molar-refractivity contribution is -0.123. The van der Waals surface area contributed by atoms with Gasteiger partial charge in [0.2, 0.25) is 5.91 Å². The number of rotatable bonds is 8. The highest BCUT2D eigenvalue weighted by atomic mass is 32.2. The molecule has 5 rings (SSSR count). The summed E-state index contributed by atoms with van der Waals surface area (Å²) in [6.45, 7) is 3.84. The van der Waals surface area contributed by atoms with Crippen LogP contribution in [-0.4, -0.2) is 44.9 Å². The van der Waals surface area contributed by atoms with E-state index in [0.29, 0.717) is 28.1 Å². The largest absolute Gasteiger partial charge is 0.467 e. The fourth-order valence-corrected chi connectivity index (χ4v) is 5.86. The number of fused-ring (bicyclic) bond motifs is 1. The van der Waals surface area contributed by atoms with E-state index in [9.17, 15) is 9.59 Å². The highest BCUT2D eigenvalue weighted by Crippen LogP contribution is 2.35. The number of ether oxygens (including phenoxy) is 1. The zero-order valence-electron chi connectivity index (χ0n) is 19.5. The summed E-state index contributed by atoms with van der Waals surface area (Å²) in [5.74, 6) is 0.508. The third-order valence-corrected chi connectivity index (χ3v) is 7.70. The van der Waals surface area contributed by atoms with Crippen LogP contribution in [0.2, 0.25) is 0 Å². The SMILES string of the molecule is CCc1cccc2c(/C=C3\SC(=S)N(C[C@H]4CCCO4)C3=O)cn(CC(=O)NCc3ccco3)c12. The van der Waals surface area contributed by atoms with Gasteiger partial charge in [-0.25, -0.2) is 0 Å². The van der Waals surface area contributed by atoms with Crippen molar-refractivity contribution in [1.82, 2.24) is 14.8 Å². The minimum atomic E-state index is -0.112. The molecular formula is C26H27N3O4S2. The van der Waals surface area contributed by atoms with E-state index in [2.05, 4.69) is 18.3 Å². The molecule has 2 aliphatic heterocycles. The van der Waals surface area contributed by atoms with Gasteiger partial charge in [0.05, 0.1) is 35.9 Å². The van der Waals surface area contributed by atoms with Gasteiger partial charge in [0.15, 0.2) is 0 Å². The second-order valence-corrected chi connectivity index (χ2v) is 10.3. The number of furan rings is 1. The van der Waals surface area contributed by atoms with E-state index < -0.39 is 0 Å². The summed E-state index contributed by atoms with van der Waals surface area (Å²) in [5, 5.41) is 3.92. The van der Waals surface area contributed by atoms with E-state index in [4.69, 9.17) is 21.4 Å². The number of carbonyl (C=O) groups is 2. The number of nitrogens with one attached hydrogen (secondary N) is 1. The predicted octanol–water partition coefficient (Wildman–Crippen LogP) is 4.49. The monoisotopic (exact) mass is 509 g/mol. The van der Waals surface area contributed by atoms with Crippen LogP contribution in [0.1, 0.15) is 36.7 Å². The van der Waals surface area contributed by atoms with Crippen molar-refractivity contribution in [2.45, 2.75) is 45.4 Å². The molecule has 0 aliphatic carbocycles. The Morgan fingerprint density at radius 3 is 2.94 bits per heavy atom. The van der Waals surface area contributed by atoms with Crippen LogP contribution in [-0.2, 0) is 33.8 Å². The van der Waals surface area contributed by atoms with E-state index in [1.807, 2.05) is 35.0 Å². The van der Waals surface area contributed by atoms with Crippen LogP contribution >= 0.6 is 24.0 Å². The molecule has 0 bridgehead atoms. The molecule has 35 heavy (non-hydrogen) atoms. The summed E-state index contributed by atoms with van der Waals surface area (Å²) in [7, 11) is 0.